The first-order valence-electron chi connectivity index (χ1n) is 12.8. The Bertz CT molecular complexity index is 841. The van der Waals surface area contributed by atoms with E-state index in [1.807, 2.05) is 37.8 Å². The smallest absolute Gasteiger partial charge is 0.410 e. The molecule has 8 heteroatoms. The van der Waals surface area contributed by atoms with E-state index in [-0.39, 0.29) is 16.7 Å². The number of nitro benzene ring substituents is 1. The number of anilines is 1. The topological polar surface area (TPSA) is 79.2 Å². The maximum atomic E-state index is 12.4. The Balaban J connectivity index is 1.17. The normalized spacial score (nSPS) is 22.1. The SMILES string of the molecule is CC(C)(C)OC(=O)N1CCC2(CCN(CC3CCN(c4ccc([N+](=O)[O-])cc4)CC3)CC2)CC1. The minimum Gasteiger partial charge on any atom is -0.444 e. The monoisotopic (exact) mass is 472 g/mol. The number of nitrogens with zero attached hydrogens (tertiary/aromatic N) is 4. The Labute approximate surface area is 203 Å². The highest BCUT2D eigenvalue weighted by Gasteiger charge is 2.39. The number of piperidine rings is 3. The van der Waals surface area contributed by atoms with E-state index in [9.17, 15) is 14.9 Å². The average Bonchev–Trinajstić information content (AvgIpc) is 2.81. The molecule has 0 N–H and O–H groups in total. The lowest BCUT2D eigenvalue weighted by Gasteiger charge is -2.47. The molecule has 1 amide bonds. The van der Waals surface area contributed by atoms with Crippen molar-refractivity contribution in [2.75, 3.05) is 50.7 Å². The van der Waals surface area contributed by atoms with Crippen LogP contribution >= 0.6 is 0 Å². The molecule has 3 fully saturated rings. The van der Waals surface area contributed by atoms with Crippen molar-refractivity contribution in [3.63, 3.8) is 0 Å². The molecule has 0 atom stereocenters. The average molecular weight is 473 g/mol. The summed E-state index contributed by atoms with van der Waals surface area (Å²) in [4.78, 5) is 29.8. The molecule has 0 aliphatic carbocycles. The fourth-order valence-electron chi connectivity index (χ4n) is 5.72. The van der Waals surface area contributed by atoms with E-state index in [1.54, 1.807) is 12.1 Å². The Morgan fingerprint density at radius 1 is 1.00 bits per heavy atom. The largest absolute Gasteiger partial charge is 0.444 e. The van der Waals surface area contributed by atoms with E-state index in [0.29, 0.717) is 5.41 Å². The number of non-ortho nitro benzene ring substituents is 1. The number of carbonyl (C=O) groups excluding carboxylic acids is 1. The number of hydrogen-bond acceptors (Lipinski definition) is 6. The van der Waals surface area contributed by atoms with Crippen LogP contribution in [-0.2, 0) is 4.74 Å². The third kappa shape index (κ3) is 6.20. The fraction of sp³-hybridized carbons (Fsp3) is 0.731. The van der Waals surface area contributed by atoms with Gasteiger partial charge in [-0.15, -0.1) is 0 Å². The number of benzene rings is 1. The zero-order valence-corrected chi connectivity index (χ0v) is 21.0. The van der Waals surface area contributed by atoms with Crippen molar-refractivity contribution in [3.05, 3.63) is 34.4 Å². The number of amides is 1. The molecule has 34 heavy (non-hydrogen) atoms. The van der Waals surface area contributed by atoms with Gasteiger partial charge in [0.05, 0.1) is 4.92 Å². The van der Waals surface area contributed by atoms with Gasteiger partial charge in [-0.2, -0.15) is 0 Å². The van der Waals surface area contributed by atoms with Crippen molar-refractivity contribution in [2.24, 2.45) is 11.3 Å². The number of hydrogen-bond donors (Lipinski definition) is 0. The second-order valence-electron chi connectivity index (χ2n) is 11.5. The minimum atomic E-state index is -0.435. The van der Waals surface area contributed by atoms with Crippen LogP contribution in [0, 0.1) is 21.4 Å². The van der Waals surface area contributed by atoms with Crippen LogP contribution in [0.3, 0.4) is 0 Å². The van der Waals surface area contributed by atoms with Crippen molar-refractivity contribution in [3.8, 4) is 0 Å². The minimum absolute atomic E-state index is 0.150. The third-order valence-corrected chi connectivity index (χ3v) is 7.95. The number of carbonyl (C=O) groups is 1. The lowest BCUT2D eigenvalue weighted by atomic mass is 9.71. The first-order chi connectivity index (χ1) is 16.1. The molecule has 3 saturated heterocycles. The first kappa shape index (κ1) is 24.8. The first-order valence-corrected chi connectivity index (χ1v) is 12.8. The summed E-state index contributed by atoms with van der Waals surface area (Å²) in [5.41, 5.74) is 1.20. The molecule has 3 aliphatic heterocycles. The van der Waals surface area contributed by atoms with Crippen molar-refractivity contribution < 1.29 is 14.5 Å². The van der Waals surface area contributed by atoms with Crippen LogP contribution < -0.4 is 4.90 Å². The molecule has 0 bridgehead atoms. The van der Waals surface area contributed by atoms with Crippen LogP contribution in [0.5, 0.6) is 0 Å². The van der Waals surface area contributed by atoms with Gasteiger partial charge in [-0.05, 0) is 95.9 Å². The Morgan fingerprint density at radius 2 is 1.56 bits per heavy atom. The second kappa shape index (κ2) is 10.1. The molecule has 0 radical (unpaired) electrons. The molecule has 1 spiro atoms. The summed E-state index contributed by atoms with van der Waals surface area (Å²) in [6, 6.07) is 6.94. The molecule has 4 rings (SSSR count). The molecular formula is C26H40N4O4. The van der Waals surface area contributed by atoms with Gasteiger partial charge in [-0.3, -0.25) is 10.1 Å². The van der Waals surface area contributed by atoms with Crippen molar-refractivity contribution in [1.82, 2.24) is 9.80 Å². The van der Waals surface area contributed by atoms with Gasteiger partial charge in [0.2, 0.25) is 0 Å². The molecule has 3 heterocycles. The highest BCUT2D eigenvalue weighted by Crippen LogP contribution is 2.42. The van der Waals surface area contributed by atoms with Crippen LogP contribution in [-0.4, -0.2) is 72.2 Å². The van der Waals surface area contributed by atoms with Crippen LogP contribution in [0.25, 0.3) is 0 Å². The number of likely N-dealkylation sites (tertiary alicyclic amines) is 2. The molecule has 0 saturated carbocycles. The summed E-state index contributed by atoms with van der Waals surface area (Å²) < 4.78 is 5.55. The Kier molecular flexibility index (Phi) is 7.36. The van der Waals surface area contributed by atoms with Gasteiger partial charge in [0.15, 0.2) is 0 Å². The summed E-state index contributed by atoms with van der Waals surface area (Å²) in [6.45, 7) is 12.9. The molecule has 8 nitrogen and oxygen atoms in total. The third-order valence-electron chi connectivity index (χ3n) is 7.95. The highest BCUT2D eigenvalue weighted by molar-refractivity contribution is 5.68. The number of nitro groups is 1. The van der Waals surface area contributed by atoms with Gasteiger partial charge in [-0.25, -0.2) is 4.79 Å². The van der Waals surface area contributed by atoms with E-state index in [1.165, 1.54) is 32.2 Å². The Hall–Kier alpha value is -2.35. The van der Waals surface area contributed by atoms with Gasteiger partial charge in [-0.1, -0.05) is 0 Å². The van der Waals surface area contributed by atoms with Gasteiger partial charge in [0, 0.05) is 50.5 Å². The van der Waals surface area contributed by atoms with Gasteiger partial charge in [0.25, 0.3) is 5.69 Å². The summed E-state index contributed by atoms with van der Waals surface area (Å²) in [5, 5.41) is 10.9. The number of rotatable bonds is 4. The number of ether oxygens (including phenoxy) is 1. The molecule has 1 aromatic rings. The molecule has 0 unspecified atom stereocenters. The van der Waals surface area contributed by atoms with Crippen LogP contribution in [0.2, 0.25) is 0 Å². The summed E-state index contributed by atoms with van der Waals surface area (Å²) in [7, 11) is 0. The summed E-state index contributed by atoms with van der Waals surface area (Å²) in [5.74, 6) is 0.720. The van der Waals surface area contributed by atoms with E-state index in [4.69, 9.17) is 4.74 Å². The summed E-state index contributed by atoms with van der Waals surface area (Å²) >= 11 is 0. The second-order valence-corrected chi connectivity index (χ2v) is 11.5. The fourth-order valence-corrected chi connectivity index (χ4v) is 5.72. The lowest BCUT2D eigenvalue weighted by Crippen LogP contribution is -2.50. The van der Waals surface area contributed by atoms with E-state index < -0.39 is 5.60 Å². The molecule has 3 aliphatic rings. The molecule has 188 valence electrons. The van der Waals surface area contributed by atoms with Crippen molar-refractivity contribution >= 4 is 17.5 Å². The van der Waals surface area contributed by atoms with E-state index >= 15 is 0 Å². The maximum absolute atomic E-state index is 12.4. The standard InChI is InChI=1S/C26H40N4O4/c1-25(2,3)34-24(31)29-18-12-26(13-19-29)10-16-27(17-11-26)20-21-8-14-28(15-9-21)22-4-6-23(7-5-22)30(32)33/h4-7,21H,8-20H2,1-3H3. The van der Waals surface area contributed by atoms with Crippen molar-refractivity contribution in [2.45, 2.75) is 64.9 Å². The van der Waals surface area contributed by atoms with Crippen LogP contribution in [0.1, 0.15) is 59.3 Å². The van der Waals surface area contributed by atoms with Gasteiger partial charge < -0.3 is 19.4 Å². The van der Waals surface area contributed by atoms with Gasteiger partial charge >= 0.3 is 6.09 Å². The zero-order valence-electron chi connectivity index (χ0n) is 21.0. The predicted molar refractivity (Wildman–Crippen MR) is 133 cm³/mol. The molecule has 1 aromatic carbocycles. The predicted octanol–water partition coefficient (Wildman–Crippen LogP) is 4.92. The van der Waals surface area contributed by atoms with E-state index in [2.05, 4.69) is 9.80 Å². The molecule has 0 aromatic heterocycles. The quantitative estimate of drug-likeness (QED) is 0.457. The van der Waals surface area contributed by atoms with Crippen molar-refractivity contribution in [1.29, 1.82) is 0 Å². The Morgan fingerprint density at radius 3 is 2.09 bits per heavy atom. The molecular weight excluding hydrogens is 432 g/mol. The summed E-state index contributed by atoms with van der Waals surface area (Å²) in [6.07, 6.45) is 6.82. The zero-order chi connectivity index (χ0) is 24.3. The highest BCUT2D eigenvalue weighted by atomic mass is 16.6. The van der Waals surface area contributed by atoms with Crippen LogP contribution in [0.4, 0.5) is 16.2 Å². The van der Waals surface area contributed by atoms with Gasteiger partial charge in [0.1, 0.15) is 5.60 Å². The van der Waals surface area contributed by atoms with E-state index in [0.717, 1.165) is 63.7 Å². The lowest BCUT2D eigenvalue weighted by molar-refractivity contribution is -0.384. The maximum Gasteiger partial charge on any atom is 0.410 e. The van der Waals surface area contributed by atoms with Crippen LogP contribution in [0.15, 0.2) is 24.3 Å².